The average molecular weight is 1390 g/mol. The van der Waals surface area contributed by atoms with E-state index in [0.717, 1.165) is 135 Å². The lowest BCUT2D eigenvalue weighted by atomic mass is 10.0. The quantitative estimate of drug-likeness (QED) is 0.0264. The van der Waals surface area contributed by atoms with Gasteiger partial charge in [0.2, 0.25) is 0 Å². The molecule has 0 saturated carbocycles. The second kappa shape index (κ2) is 82.3. The predicted octanol–water partition coefficient (Wildman–Crippen LogP) is 27.6. The molecule has 0 amide bonds. The van der Waals surface area contributed by atoms with Gasteiger partial charge in [0.05, 0.1) is 13.2 Å². The number of carbonyl (C=O) groups excluding carboxylic acids is 2. The highest BCUT2D eigenvalue weighted by atomic mass is 31.2. The zero-order chi connectivity index (χ0) is 71.5. The van der Waals surface area contributed by atoms with Crippen molar-refractivity contribution in [3.8, 4) is 0 Å². The van der Waals surface area contributed by atoms with Crippen LogP contribution >= 0.6 is 7.82 Å². The van der Waals surface area contributed by atoms with E-state index in [1.807, 2.05) is 0 Å². The molecule has 0 aliphatic heterocycles. The van der Waals surface area contributed by atoms with Gasteiger partial charge in [-0.25, -0.2) is 4.57 Å². The third-order valence-electron chi connectivity index (χ3n) is 17.1. The molecule has 0 bridgehead atoms. The molecule has 9 nitrogen and oxygen atoms in total. The number of allylic oxidation sites excluding steroid dienone is 28. The van der Waals surface area contributed by atoms with Gasteiger partial charge in [0.15, 0.2) is 6.10 Å². The van der Waals surface area contributed by atoms with Gasteiger partial charge in [0, 0.05) is 19.4 Å². The first-order valence-corrected chi connectivity index (χ1v) is 42.1. The van der Waals surface area contributed by atoms with E-state index >= 15 is 0 Å². The van der Waals surface area contributed by atoms with Crippen LogP contribution in [0.25, 0.3) is 0 Å². The summed E-state index contributed by atoms with van der Waals surface area (Å²) in [5.74, 6) is -0.833. The SMILES string of the molecule is CC/C=C\C/C=C\C/C=C\C/C=C\C/C=C\C/C=C\C/C=C\C/C=C\C/C=C\C/C=C\CCCCCCCCCCC(=O)OC(COC(=O)CCCCCCCCCCCCCCCCCCCCCCCCCCCC/C=C\C/C=C\C/C=C\C/C=C\CC)COP(=O)(O)OCCN. The molecule has 99 heavy (non-hydrogen) atoms. The molecule has 2 atom stereocenters. The standard InChI is InChI=1S/C89H150NO8P/c1-3-5-7-9-11-13-15-17-19-21-23-25-27-29-31-33-35-37-39-41-43-45-47-49-51-53-55-57-59-61-63-65-67-69-71-73-75-77-79-81-88(91)95-85-87(86-97-99(93,94)96-84-83-90)98-89(92)82-80-78-76-74-72-70-68-66-64-62-60-58-56-54-52-50-48-46-44-42-40-38-36-34-32-30-28-26-24-22-20-18-16-14-12-10-8-6-4-2/h5-8,11-14,17-20,23-26,30,32,36,38,42,44,48,50,54,56,60,62,87H,3-4,9-10,15-16,21-22,27-29,31,33-35,37,39-41,43,45-47,49,51-53,55,57-59,61,63-86,90H2,1-2H3,(H,93,94)/b7-5-,8-6-,13-11-,14-12-,19-17-,20-18-,25-23-,26-24-,32-30-,38-36-,44-42-,50-48-,56-54-,62-60-. The number of hydrogen-bond acceptors (Lipinski definition) is 8. The molecule has 564 valence electrons. The molecule has 0 spiro atoms. The summed E-state index contributed by atoms with van der Waals surface area (Å²) >= 11 is 0. The van der Waals surface area contributed by atoms with Crippen molar-refractivity contribution < 1.29 is 37.6 Å². The molecule has 0 fully saturated rings. The minimum absolute atomic E-state index is 0.0462. The maximum atomic E-state index is 12.8. The maximum Gasteiger partial charge on any atom is 0.472 e. The topological polar surface area (TPSA) is 134 Å². The Bertz CT molecular complexity index is 2240. The van der Waals surface area contributed by atoms with E-state index in [1.165, 1.54) is 180 Å². The summed E-state index contributed by atoms with van der Waals surface area (Å²) in [6, 6.07) is 0. The van der Waals surface area contributed by atoms with Crippen molar-refractivity contribution in [1.29, 1.82) is 0 Å². The van der Waals surface area contributed by atoms with Crippen molar-refractivity contribution in [2.75, 3.05) is 26.4 Å². The monoisotopic (exact) mass is 1390 g/mol. The van der Waals surface area contributed by atoms with Crippen molar-refractivity contribution in [1.82, 2.24) is 0 Å². The molecule has 0 rings (SSSR count). The van der Waals surface area contributed by atoms with Crippen LogP contribution in [0.1, 0.15) is 348 Å². The number of phosphoric acid groups is 1. The van der Waals surface area contributed by atoms with Crippen LogP contribution in [0.3, 0.4) is 0 Å². The van der Waals surface area contributed by atoms with E-state index in [4.69, 9.17) is 24.3 Å². The van der Waals surface area contributed by atoms with Gasteiger partial charge < -0.3 is 20.1 Å². The lowest BCUT2D eigenvalue weighted by Gasteiger charge is -2.19. The smallest absolute Gasteiger partial charge is 0.462 e. The predicted molar refractivity (Wildman–Crippen MR) is 431 cm³/mol. The molecule has 0 aromatic heterocycles. The van der Waals surface area contributed by atoms with Crippen molar-refractivity contribution in [3.05, 3.63) is 170 Å². The van der Waals surface area contributed by atoms with Gasteiger partial charge >= 0.3 is 19.8 Å². The summed E-state index contributed by atoms with van der Waals surface area (Å²) in [6.07, 6.45) is 122. The van der Waals surface area contributed by atoms with Crippen molar-refractivity contribution in [2.24, 2.45) is 5.73 Å². The lowest BCUT2D eigenvalue weighted by molar-refractivity contribution is -0.161. The number of nitrogens with two attached hydrogens (primary N) is 1. The van der Waals surface area contributed by atoms with Crippen LogP contribution in [-0.4, -0.2) is 49.3 Å². The van der Waals surface area contributed by atoms with Crippen LogP contribution in [0, 0.1) is 0 Å². The Balaban J connectivity index is 3.86. The molecule has 3 N–H and O–H groups in total. The number of hydrogen-bond donors (Lipinski definition) is 2. The van der Waals surface area contributed by atoms with Crippen LogP contribution in [0.15, 0.2) is 170 Å². The summed E-state index contributed by atoms with van der Waals surface area (Å²) in [5.41, 5.74) is 5.42. The highest BCUT2D eigenvalue weighted by Crippen LogP contribution is 2.43. The summed E-state index contributed by atoms with van der Waals surface area (Å²) in [6.45, 7) is 3.53. The first-order valence-electron chi connectivity index (χ1n) is 40.6. The summed E-state index contributed by atoms with van der Waals surface area (Å²) in [4.78, 5) is 35.5. The Hall–Kier alpha value is -4.63. The number of unbranched alkanes of at least 4 members (excludes halogenated alkanes) is 34. The maximum absolute atomic E-state index is 12.8. The Morgan fingerprint density at radius 2 is 0.525 bits per heavy atom. The van der Waals surface area contributed by atoms with Crippen LogP contribution < -0.4 is 5.73 Å². The molecule has 0 aliphatic carbocycles. The molecule has 0 aromatic carbocycles. The molecule has 0 radical (unpaired) electrons. The van der Waals surface area contributed by atoms with E-state index in [1.54, 1.807) is 0 Å². The van der Waals surface area contributed by atoms with Gasteiger partial charge in [0.1, 0.15) is 6.61 Å². The minimum Gasteiger partial charge on any atom is -0.462 e. The van der Waals surface area contributed by atoms with E-state index < -0.39 is 26.5 Å². The second-order valence-electron chi connectivity index (χ2n) is 26.5. The zero-order valence-corrected chi connectivity index (χ0v) is 64.6. The van der Waals surface area contributed by atoms with Crippen LogP contribution in [-0.2, 0) is 32.7 Å². The number of carbonyl (C=O) groups is 2. The second-order valence-corrected chi connectivity index (χ2v) is 28.0. The Morgan fingerprint density at radius 3 is 0.778 bits per heavy atom. The zero-order valence-electron chi connectivity index (χ0n) is 63.7. The van der Waals surface area contributed by atoms with Gasteiger partial charge in [0.25, 0.3) is 0 Å². The number of phosphoric ester groups is 1. The van der Waals surface area contributed by atoms with Gasteiger partial charge in [-0.15, -0.1) is 0 Å². The van der Waals surface area contributed by atoms with E-state index in [-0.39, 0.29) is 38.6 Å². The number of esters is 2. The lowest BCUT2D eigenvalue weighted by Crippen LogP contribution is -2.29. The molecule has 10 heteroatoms. The van der Waals surface area contributed by atoms with Gasteiger partial charge in [-0.2, -0.15) is 0 Å². The van der Waals surface area contributed by atoms with E-state index in [9.17, 15) is 19.0 Å². The molecular weight excluding hydrogens is 1240 g/mol. The van der Waals surface area contributed by atoms with Crippen molar-refractivity contribution >= 4 is 19.8 Å². The average Bonchev–Trinajstić information content (AvgIpc) is 1.35. The Kier molecular flexibility index (Phi) is 78.5. The van der Waals surface area contributed by atoms with Crippen LogP contribution in [0.4, 0.5) is 0 Å². The van der Waals surface area contributed by atoms with Gasteiger partial charge in [-0.1, -0.05) is 377 Å². The number of ether oxygens (including phenoxy) is 2. The fourth-order valence-electron chi connectivity index (χ4n) is 11.2. The van der Waals surface area contributed by atoms with Gasteiger partial charge in [-0.3, -0.25) is 18.6 Å². The Morgan fingerprint density at radius 1 is 0.303 bits per heavy atom. The summed E-state index contributed by atoms with van der Waals surface area (Å²) < 4.78 is 33.3. The first-order chi connectivity index (χ1) is 48.8. The third-order valence-corrected chi connectivity index (χ3v) is 18.1. The van der Waals surface area contributed by atoms with E-state index in [0.29, 0.717) is 6.42 Å². The number of rotatable bonds is 75. The van der Waals surface area contributed by atoms with Crippen molar-refractivity contribution in [3.63, 3.8) is 0 Å². The molecular formula is C89H150NO8P. The largest absolute Gasteiger partial charge is 0.472 e. The molecule has 0 heterocycles. The normalized spacial score (nSPS) is 13.8. The molecule has 0 saturated heterocycles. The van der Waals surface area contributed by atoms with Crippen molar-refractivity contribution in [2.45, 2.75) is 354 Å². The summed E-state index contributed by atoms with van der Waals surface area (Å²) in [5, 5.41) is 0. The third kappa shape index (κ3) is 82.2. The highest BCUT2D eigenvalue weighted by molar-refractivity contribution is 7.47. The fourth-order valence-corrected chi connectivity index (χ4v) is 12.0. The van der Waals surface area contributed by atoms with E-state index in [2.05, 4.69) is 184 Å². The van der Waals surface area contributed by atoms with Crippen LogP contribution in [0.5, 0.6) is 0 Å². The minimum atomic E-state index is -4.41. The summed E-state index contributed by atoms with van der Waals surface area (Å²) in [7, 11) is -4.41. The Labute approximate surface area is 610 Å². The molecule has 2 unspecified atom stereocenters. The molecule has 0 aliphatic rings. The van der Waals surface area contributed by atoms with Gasteiger partial charge in [-0.05, 0) is 128 Å². The van der Waals surface area contributed by atoms with Crippen LogP contribution in [0.2, 0.25) is 0 Å². The molecule has 0 aromatic rings. The highest BCUT2D eigenvalue weighted by Gasteiger charge is 2.26. The first kappa shape index (κ1) is 94.4. The fraction of sp³-hybridized carbons (Fsp3) is 0.663.